The van der Waals surface area contributed by atoms with Gasteiger partial charge in [0.15, 0.2) is 0 Å². The lowest BCUT2D eigenvalue weighted by Crippen LogP contribution is -2.39. The zero-order chi connectivity index (χ0) is 19.9. The standard InChI is InChI=1S/C20H25Cl2N5O/c1-26(14-15-6-2-3-7-18(15)27-10-4-5-11-27)20(28)24-9-8-23-19-17(22)12-16(21)13-25-19/h2-3,6-7,12-13H,4-5,8-11,14H2,1H3,(H,23,25)(H,24,28). The topological polar surface area (TPSA) is 60.5 Å². The number of halogens is 2. The van der Waals surface area contributed by atoms with Gasteiger partial charge in [0.25, 0.3) is 0 Å². The van der Waals surface area contributed by atoms with E-state index in [1.807, 2.05) is 6.07 Å². The van der Waals surface area contributed by atoms with Crippen LogP contribution in [0.3, 0.4) is 0 Å². The van der Waals surface area contributed by atoms with Crippen molar-refractivity contribution in [2.24, 2.45) is 0 Å². The summed E-state index contributed by atoms with van der Waals surface area (Å²) >= 11 is 11.9. The molecule has 3 rings (SSSR count). The van der Waals surface area contributed by atoms with Gasteiger partial charge in [-0.2, -0.15) is 0 Å². The minimum atomic E-state index is -0.117. The summed E-state index contributed by atoms with van der Waals surface area (Å²) in [5.74, 6) is 0.549. The van der Waals surface area contributed by atoms with E-state index in [1.54, 1.807) is 18.0 Å². The molecule has 8 heteroatoms. The summed E-state index contributed by atoms with van der Waals surface area (Å²) in [4.78, 5) is 20.6. The average Bonchev–Trinajstić information content (AvgIpc) is 3.21. The summed E-state index contributed by atoms with van der Waals surface area (Å²) < 4.78 is 0. The number of nitrogens with one attached hydrogen (secondary N) is 2. The van der Waals surface area contributed by atoms with Crippen LogP contribution >= 0.6 is 23.2 Å². The Hall–Kier alpha value is -2.18. The Balaban J connectivity index is 1.47. The van der Waals surface area contributed by atoms with Gasteiger partial charge in [-0.05, 0) is 30.5 Å². The van der Waals surface area contributed by atoms with Crippen molar-refractivity contribution in [1.29, 1.82) is 0 Å². The fourth-order valence-electron chi connectivity index (χ4n) is 3.27. The first-order valence-electron chi connectivity index (χ1n) is 9.41. The largest absolute Gasteiger partial charge is 0.371 e. The minimum absolute atomic E-state index is 0.117. The Labute approximate surface area is 175 Å². The molecule has 0 aliphatic carbocycles. The lowest BCUT2D eigenvalue weighted by Gasteiger charge is -2.24. The van der Waals surface area contributed by atoms with E-state index in [4.69, 9.17) is 23.2 Å². The van der Waals surface area contributed by atoms with Crippen molar-refractivity contribution in [2.75, 3.05) is 43.4 Å². The molecule has 0 radical (unpaired) electrons. The van der Waals surface area contributed by atoms with E-state index in [9.17, 15) is 4.79 Å². The van der Waals surface area contributed by atoms with E-state index >= 15 is 0 Å². The van der Waals surface area contributed by atoms with Crippen molar-refractivity contribution >= 4 is 40.7 Å². The van der Waals surface area contributed by atoms with Crippen molar-refractivity contribution in [3.63, 3.8) is 0 Å². The SMILES string of the molecule is CN(Cc1ccccc1N1CCCC1)C(=O)NCCNc1ncc(Cl)cc1Cl. The number of benzene rings is 1. The highest BCUT2D eigenvalue weighted by Gasteiger charge is 2.17. The van der Waals surface area contributed by atoms with Crippen LogP contribution in [0.2, 0.25) is 10.0 Å². The molecule has 1 aromatic carbocycles. The molecule has 0 unspecified atom stereocenters. The predicted octanol–water partition coefficient (Wildman–Crippen LogP) is 4.24. The quantitative estimate of drug-likeness (QED) is 0.656. The molecule has 0 atom stereocenters. The summed E-state index contributed by atoms with van der Waals surface area (Å²) in [6.07, 6.45) is 3.98. The van der Waals surface area contributed by atoms with E-state index < -0.39 is 0 Å². The van der Waals surface area contributed by atoms with Gasteiger partial charge in [-0.25, -0.2) is 9.78 Å². The second kappa shape index (κ2) is 9.85. The lowest BCUT2D eigenvalue weighted by atomic mass is 10.1. The van der Waals surface area contributed by atoms with Gasteiger partial charge in [-0.1, -0.05) is 41.4 Å². The van der Waals surface area contributed by atoms with Crippen LogP contribution in [0.25, 0.3) is 0 Å². The average molecular weight is 422 g/mol. The van der Waals surface area contributed by atoms with Crippen molar-refractivity contribution < 1.29 is 4.79 Å². The molecule has 2 N–H and O–H groups in total. The highest BCUT2D eigenvalue weighted by Crippen LogP contribution is 2.25. The Morgan fingerprint density at radius 3 is 2.71 bits per heavy atom. The second-order valence-corrected chi connectivity index (χ2v) is 7.67. The Morgan fingerprint density at radius 1 is 1.21 bits per heavy atom. The molecule has 6 nitrogen and oxygen atoms in total. The third kappa shape index (κ3) is 5.42. The first-order valence-corrected chi connectivity index (χ1v) is 10.2. The van der Waals surface area contributed by atoms with Crippen molar-refractivity contribution in [3.8, 4) is 0 Å². The fraction of sp³-hybridized carbons (Fsp3) is 0.400. The molecular weight excluding hydrogens is 397 g/mol. The van der Waals surface area contributed by atoms with Crippen LogP contribution in [-0.2, 0) is 6.54 Å². The maximum Gasteiger partial charge on any atom is 0.317 e. The van der Waals surface area contributed by atoms with Crippen LogP contribution in [0.1, 0.15) is 18.4 Å². The number of pyridine rings is 1. The fourth-order valence-corrected chi connectivity index (χ4v) is 3.72. The molecule has 1 aliphatic rings. The third-order valence-corrected chi connectivity index (χ3v) is 5.19. The van der Waals surface area contributed by atoms with Crippen LogP contribution in [0.4, 0.5) is 16.3 Å². The molecule has 28 heavy (non-hydrogen) atoms. The predicted molar refractivity (Wildman–Crippen MR) is 116 cm³/mol. The van der Waals surface area contributed by atoms with Crippen LogP contribution < -0.4 is 15.5 Å². The minimum Gasteiger partial charge on any atom is -0.371 e. The summed E-state index contributed by atoms with van der Waals surface area (Å²) in [7, 11) is 1.81. The number of urea groups is 1. The number of carbonyl (C=O) groups excluding carboxylic acids is 1. The highest BCUT2D eigenvalue weighted by molar-refractivity contribution is 6.35. The number of rotatable bonds is 7. The summed E-state index contributed by atoms with van der Waals surface area (Å²) in [5.41, 5.74) is 2.39. The molecule has 150 valence electrons. The molecule has 2 heterocycles. The molecular formula is C20H25Cl2N5O. The highest BCUT2D eigenvalue weighted by atomic mass is 35.5. The van der Waals surface area contributed by atoms with Crippen molar-refractivity contribution in [3.05, 3.63) is 52.1 Å². The molecule has 0 bridgehead atoms. The van der Waals surface area contributed by atoms with Crippen LogP contribution in [0.5, 0.6) is 0 Å². The van der Waals surface area contributed by atoms with E-state index in [2.05, 4.69) is 38.7 Å². The third-order valence-electron chi connectivity index (χ3n) is 4.69. The number of para-hydroxylation sites is 1. The Morgan fingerprint density at radius 2 is 1.96 bits per heavy atom. The molecule has 2 aromatic rings. The molecule has 0 spiro atoms. The van der Waals surface area contributed by atoms with Crippen LogP contribution in [0.15, 0.2) is 36.5 Å². The van der Waals surface area contributed by atoms with E-state index in [0.717, 1.165) is 18.7 Å². The normalized spacial score (nSPS) is 13.5. The van der Waals surface area contributed by atoms with Gasteiger partial charge >= 0.3 is 6.03 Å². The maximum absolute atomic E-state index is 12.4. The molecule has 0 saturated carbocycles. The number of carbonyl (C=O) groups is 1. The van der Waals surface area contributed by atoms with E-state index in [0.29, 0.717) is 35.5 Å². The monoisotopic (exact) mass is 421 g/mol. The zero-order valence-corrected chi connectivity index (χ0v) is 17.4. The summed E-state index contributed by atoms with van der Waals surface area (Å²) in [5, 5.41) is 6.93. The van der Waals surface area contributed by atoms with Gasteiger partial charge in [0.2, 0.25) is 0 Å². The van der Waals surface area contributed by atoms with Gasteiger partial charge in [-0.3, -0.25) is 0 Å². The number of amides is 2. The number of nitrogens with zero attached hydrogens (tertiary/aromatic N) is 3. The smallest absolute Gasteiger partial charge is 0.317 e. The number of hydrogen-bond donors (Lipinski definition) is 2. The first-order chi connectivity index (χ1) is 13.5. The van der Waals surface area contributed by atoms with Gasteiger partial charge in [-0.15, -0.1) is 0 Å². The zero-order valence-electron chi connectivity index (χ0n) is 15.9. The van der Waals surface area contributed by atoms with Crippen molar-refractivity contribution in [2.45, 2.75) is 19.4 Å². The van der Waals surface area contributed by atoms with Gasteiger partial charge < -0.3 is 20.4 Å². The summed E-state index contributed by atoms with van der Waals surface area (Å²) in [6, 6.07) is 9.81. The first kappa shape index (κ1) is 20.6. The molecule has 1 fully saturated rings. The van der Waals surface area contributed by atoms with E-state index in [1.165, 1.54) is 24.7 Å². The van der Waals surface area contributed by atoms with Gasteiger partial charge in [0.05, 0.1) is 10.0 Å². The number of aromatic nitrogens is 1. The van der Waals surface area contributed by atoms with Crippen LogP contribution in [-0.4, -0.2) is 49.1 Å². The molecule has 1 saturated heterocycles. The molecule has 1 aromatic heterocycles. The number of anilines is 2. The molecule has 1 aliphatic heterocycles. The second-order valence-electron chi connectivity index (χ2n) is 6.82. The maximum atomic E-state index is 12.4. The Kier molecular flexibility index (Phi) is 7.23. The van der Waals surface area contributed by atoms with Gasteiger partial charge in [0, 0.05) is 51.7 Å². The van der Waals surface area contributed by atoms with Crippen LogP contribution in [0, 0.1) is 0 Å². The van der Waals surface area contributed by atoms with Crippen molar-refractivity contribution in [1.82, 2.24) is 15.2 Å². The molecule has 2 amide bonds. The summed E-state index contributed by atoms with van der Waals surface area (Å²) in [6.45, 7) is 3.70. The van der Waals surface area contributed by atoms with Gasteiger partial charge in [0.1, 0.15) is 5.82 Å². The number of hydrogen-bond acceptors (Lipinski definition) is 4. The lowest BCUT2D eigenvalue weighted by molar-refractivity contribution is 0.207. The van der Waals surface area contributed by atoms with E-state index in [-0.39, 0.29) is 6.03 Å². The Bertz CT molecular complexity index is 811.